The Morgan fingerprint density at radius 3 is 1.66 bits per heavy atom. The van der Waals surface area contributed by atoms with E-state index in [0.29, 0.717) is 0 Å². The Hall–Kier alpha value is -5.79. The molecule has 8 aromatic carbocycles. The number of hydrogen-bond acceptors (Lipinski definition) is 1. The van der Waals surface area contributed by atoms with Crippen LogP contribution in [0.15, 0.2) is 164 Å². The summed E-state index contributed by atoms with van der Waals surface area (Å²) < 4.78 is 0. The minimum Gasteiger partial charge on any atom is -0.256 e. The maximum absolute atomic E-state index is 5.04. The van der Waals surface area contributed by atoms with Crippen molar-refractivity contribution < 1.29 is 0 Å². The normalized spacial score (nSPS) is 11.6. The van der Waals surface area contributed by atoms with E-state index in [-0.39, 0.29) is 0 Å². The highest BCUT2D eigenvalue weighted by Crippen LogP contribution is 2.48. The standard InChI is InChI=1S/C43H27N/c1-2-13-28(14-3-1)31-25-26-37(33-19-7-6-18-32(31)33)41-35-20-8-9-21-36(35)42(34-23-12-16-29-15-4-5-17-30(29)34)43-38-22-10-11-24-40(38)44-27-39(41)43/h1-27H. The van der Waals surface area contributed by atoms with Gasteiger partial charge in [-0.1, -0.05) is 152 Å². The van der Waals surface area contributed by atoms with Gasteiger partial charge in [-0.2, -0.15) is 0 Å². The molecule has 1 heterocycles. The molecule has 0 bridgehead atoms. The van der Waals surface area contributed by atoms with Gasteiger partial charge >= 0.3 is 0 Å². The second-order valence-electron chi connectivity index (χ2n) is 11.5. The summed E-state index contributed by atoms with van der Waals surface area (Å²) in [7, 11) is 0. The fraction of sp³-hybridized carbons (Fsp3) is 0. The molecule has 9 rings (SSSR count). The topological polar surface area (TPSA) is 12.9 Å². The van der Waals surface area contributed by atoms with Crippen LogP contribution in [0, 0.1) is 0 Å². The highest BCUT2D eigenvalue weighted by atomic mass is 14.7. The molecule has 0 N–H and O–H groups in total. The summed E-state index contributed by atoms with van der Waals surface area (Å²) in [5.41, 5.74) is 8.44. The van der Waals surface area contributed by atoms with Crippen molar-refractivity contribution in [3.05, 3.63) is 164 Å². The van der Waals surface area contributed by atoms with E-state index in [1.165, 1.54) is 81.9 Å². The number of nitrogens with zero attached hydrogens (tertiary/aromatic N) is 1. The molecule has 0 radical (unpaired) electrons. The van der Waals surface area contributed by atoms with E-state index in [1.54, 1.807) is 0 Å². The fourth-order valence-corrected chi connectivity index (χ4v) is 7.20. The van der Waals surface area contributed by atoms with E-state index in [4.69, 9.17) is 4.98 Å². The van der Waals surface area contributed by atoms with Gasteiger partial charge in [0.1, 0.15) is 0 Å². The summed E-state index contributed by atoms with van der Waals surface area (Å²) in [5.74, 6) is 0. The van der Waals surface area contributed by atoms with Gasteiger partial charge < -0.3 is 0 Å². The van der Waals surface area contributed by atoms with Crippen molar-refractivity contribution in [2.45, 2.75) is 0 Å². The van der Waals surface area contributed by atoms with E-state index in [1.807, 2.05) is 0 Å². The predicted octanol–water partition coefficient (Wildman–Crippen LogP) is 11.8. The fourth-order valence-electron chi connectivity index (χ4n) is 7.20. The minimum absolute atomic E-state index is 1.01. The van der Waals surface area contributed by atoms with Crippen LogP contribution in [-0.2, 0) is 0 Å². The maximum Gasteiger partial charge on any atom is 0.0708 e. The van der Waals surface area contributed by atoms with Crippen LogP contribution < -0.4 is 0 Å². The Morgan fingerprint density at radius 1 is 0.318 bits per heavy atom. The Balaban J connectivity index is 1.49. The third kappa shape index (κ3) is 3.70. The van der Waals surface area contributed by atoms with Gasteiger partial charge in [0.2, 0.25) is 0 Å². The molecule has 1 heteroatoms. The van der Waals surface area contributed by atoms with E-state index < -0.39 is 0 Å². The summed E-state index contributed by atoms with van der Waals surface area (Å²) in [6, 6.07) is 57.0. The minimum atomic E-state index is 1.01. The highest BCUT2D eigenvalue weighted by Gasteiger charge is 2.21. The molecule has 0 aliphatic carbocycles. The van der Waals surface area contributed by atoms with Gasteiger partial charge in [-0.25, -0.2) is 0 Å². The van der Waals surface area contributed by atoms with Crippen LogP contribution in [0.4, 0.5) is 0 Å². The van der Waals surface area contributed by atoms with Crippen LogP contribution in [0.1, 0.15) is 0 Å². The van der Waals surface area contributed by atoms with Crippen molar-refractivity contribution in [1.29, 1.82) is 0 Å². The lowest BCUT2D eigenvalue weighted by Crippen LogP contribution is -1.95. The lowest BCUT2D eigenvalue weighted by atomic mass is 9.82. The van der Waals surface area contributed by atoms with E-state index in [9.17, 15) is 0 Å². The number of hydrogen-bond donors (Lipinski definition) is 0. The summed E-state index contributed by atoms with van der Waals surface area (Å²) in [5, 5.41) is 11.1. The third-order valence-electron chi connectivity index (χ3n) is 9.10. The zero-order valence-electron chi connectivity index (χ0n) is 24.0. The lowest BCUT2D eigenvalue weighted by molar-refractivity contribution is 1.45. The van der Waals surface area contributed by atoms with Crippen LogP contribution in [-0.4, -0.2) is 4.98 Å². The molecule has 0 amide bonds. The van der Waals surface area contributed by atoms with Crippen molar-refractivity contribution in [2.75, 3.05) is 0 Å². The van der Waals surface area contributed by atoms with Gasteiger partial charge in [0, 0.05) is 22.4 Å². The molecular formula is C43H27N. The van der Waals surface area contributed by atoms with Crippen LogP contribution in [0.5, 0.6) is 0 Å². The number of para-hydroxylation sites is 1. The zero-order valence-corrected chi connectivity index (χ0v) is 24.0. The molecule has 1 aromatic heterocycles. The third-order valence-corrected chi connectivity index (χ3v) is 9.10. The van der Waals surface area contributed by atoms with Gasteiger partial charge in [0.25, 0.3) is 0 Å². The molecule has 0 aliphatic heterocycles. The van der Waals surface area contributed by atoms with Crippen molar-refractivity contribution in [3.8, 4) is 33.4 Å². The first-order valence-electron chi connectivity index (χ1n) is 15.1. The first-order valence-corrected chi connectivity index (χ1v) is 15.1. The monoisotopic (exact) mass is 557 g/mol. The molecule has 0 atom stereocenters. The van der Waals surface area contributed by atoms with Gasteiger partial charge in [-0.3, -0.25) is 4.98 Å². The van der Waals surface area contributed by atoms with Gasteiger partial charge in [-0.05, 0) is 71.8 Å². The van der Waals surface area contributed by atoms with Crippen LogP contribution >= 0.6 is 0 Å². The molecule has 0 spiro atoms. The average Bonchev–Trinajstić information content (AvgIpc) is 3.10. The van der Waals surface area contributed by atoms with Gasteiger partial charge in [0.15, 0.2) is 0 Å². The molecule has 0 saturated carbocycles. The zero-order chi connectivity index (χ0) is 29.0. The van der Waals surface area contributed by atoms with Crippen molar-refractivity contribution in [2.24, 2.45) is 0 Å². The van der Waals surface area contributed by atoms with Crippen molar-refractivity contribution in [1.82, 2.24) is 4.98 Å². The molecular weight excluding hydrogens is 530 g/mol. The Bertz CT molecular complexity index is 2540. The lowest BCUT2D eigenvalue weighted by Gasteiger charge is -2.21. The number of aromatic nitrogens is 1. The number of benzene rings is 8. The van der Waals surface area contributed by atoms with Gasteiger partial charge in [-0.15, -0.1) is 0 Å². The Labute approximate surface area is 255 Å². The van der Waals surface area contributed by atoms with E-state index >= 15 is 0 Å². The van der Waals surface area contributed by atoms with Crippen LogP contribution in [0.3, 0.4) is 0 Å². The molecule has 0 fully saturated rings. The van der Waals surface area contributed by atoms with Crippen molar-refractivity contribution >= 4 is 54.0 Å². The van der Waals surface area contributed by atoms with Gasteiger partial charge in [0.05, 0.1) is 5.52 Å². The largest absolute Gasteiger partial charge is 0.256 e. The highest BCUT2D eigenvalue weighted by molar-refractivity contribution is 6.30. The molecule has 0 saturated heterocycles. The molecule has 0 unspecified atom stereocenters. The summed E-state index contributed by atoms with van der Waals surface area (Å²) >= 11 is 0. The summed E-state index contributed by atoms with van der Waals surface area (Å²) in [6.45, 7) is 0. The SMILES string of the molecule is c1ccc(-c2ccc(-c3c4ccccc4c(-c4cccc5ccccc45)c4c3cnc3ccccc34)c3ccccc23)cc1. The first-order chi connectivity index (χ1) is 21.9. The maximum atomic E-state index is 5.04. The Morgan fingerprint density at radius 2 is 0.864 bits per heavy atom. The molecule has 1 nitrogen and oxygen atoms in total. The van der Waals surface area contributed by atoms with Crippen molar-refractivity contribution in [3.63, 3.8) is 0 Å². The summed E-state index contributed by atoms with van der Waals surface area (Å²) in [4.78, 5) is 5.04. The number of rotatable bonds is 3. The molecule has 204 valence electrons. The Kier molecular flexibility index (Phi) is 5.57. The number of pyridine rings is 1. The smallest absolute Gasteiger partial charge is 0.0708 e. The average molecular weight is 558 g/mol. The van der Waals surface area contributed by atoms with E-state index in [0.717, 1.165) is 5.52 Å². The second-order valence-corrected chi connectivity index (χ2v) is 11.5. The quantitative estimate of drug-likeness (QED) is 0.155. The van der Waals surface area contributed by atoms with Crippen LogP contribution in [0.2, 0.25) is 0 Å². The van der Waals surface area contributed by atoms with E-state index in [2.05, 4.69) is 164 Å². The molecule has 0 aliphatic rings. The predicted molar refractivity (Wildman–Crippen MR) is 188 cm³/mol. The van der Waals surface area contributed by atoms with Crippen LogP contribution in [0.25, 0.3) is 87.4 Å². The second kappa shape index (κ2) is 9.90. The molecule has 44 heavy (non-hydrogen) atoms. The molecule has 9 aromatic rings. The summed E-state index contributed by atoms with van der Waals surface area (Å²) in [6.07, 6.45) is 2.11. The number of fused-ring (bicyclic) bond motifs is 6. The first kappa shape index (κ1) is 24.8.